The highest BCUT2D eigenvalue weighted by atomic mass is 32.2. The van der Waals surface area contributed by atoms with Crippen LogP contribution < -0.4 is 11.5 Å². The van der Waals surface area contributed by atoms with Gasteiger partial charge in [-0.2, -0.15) is 0 Å². The number of carbonyl (C=O) groups excluding carboxylic acids is 1. The van der Waals surface area contributed by atoms with E-state index in [1.165, 1.54) is 6.92 Å². The summed E-state index contributed by atoms with van der Waals surface area (Å²) < 4.78 is 21.8. The number of rotatable bonds is 3. The lowest BCUT2D eigenvalue weighted by Crippen LogP contribution is -2.33. The summed E-state index contributed by atoms with van der Waals surface area (Å²) in [7, 11) is -3.99. The number of sulfone groups is 1. The van der Waals surface area contributed by atoms with E-state index >= 15 is 0 Å². The molecule has 0 heterocycles. The van der Waals surface area contributed by atoms with Gasteiger partial charge in [-0.05, 0) is 0 Å². The third-order valence-corrected chi connectivity index (χ3v) is 2.95. The highest BCUT2D eigenvalue weighted by molar-refractivity contribution is 8.06. The molecular formula is C5H11N3O4S. The van der Waals surface area contributed by atoms with Crippen molar-refractivity contribution in [2.45, 2.75) is 6.92 Å². The van der Waals surface area contributed by atoms with Gasteiger partial charge in [0, 0.05) is 5.92 Å². The summed E-state index contributed by atoms with van der Waals surface area (Å²) in [4.78, 5) is 10.4. The average molecular weight is 209 g/mol. The lowest BCUT2D eigenvalue weighted by Gasteiger charge is -2.07. The second-order valence-electron chi connectivity index (χ2n) is 2.53. The van der Waals surface area contributed by atoms with Gasteiger partial charge in [-0.3, -0.25) is 4.79 Å². The van der Waals surface area contributed by atoms with Crippen LogP contribution in [0.5, 0.6) is 0 Å². The molecule has 0 aromatic heterocycles. The van der Waals surface area contributed by atoms with Crippen LogP contribution in [0.1, 0.15) is 6.92 Å². The van der Waals surface area contributed by atoms with Gasteiger partial charge in [0.2, 0.25) is 9.84 Å². The van der Waals surface area contributed by atoms with Crippen molar-refractivity contribution >= 4 is 20.9 Å². The van der Waals surface area contributed by atoms with Crippen LogP contribution in [0.3, 0.4) is 0 Å². The Morgan fingerprint density at radius 3 is 2.31 bits per heavy atom. The van der Waals surface area contributed by atoms with Crippen molar-refractivity contribution < 1.29 is 18.4 Å². The summed E-state index contributed by atoms with van der Waals surface area (Å²) in [5.74, 6) is -1.56. The summed E-state index contributed by atoms with van der Waals surface area (Å²) >= 11 is 0. The molecule has 1 unspecified atom stereocenters. The van der Waals surface area contributed by atoms with Crippen molar-refractivity contribution in [1.82, 2.24) is 0 Å². The van der Waals surface area contributed by atoms with Gasteiger partial charge in [-0.1, -0.05) is 12.1 Å². The first-order chi connectivity index (χ1) is 5.81. The SMILES string of the molecule is CC(CS(=O)(=O)C(N)=O)C(N)=NO. The van der Waals surface area contributed by atoms with Crippen molar-refractivity contribution in [3.8, 4) is 0 Å². The molecule has 0 spiro atoms. The van der Waals surface area contributed by atoms with Gasteiger partial charge in [-0.25, -0.2) is 8.42 Å². The van der Waals surface area contributed by atoms with E-state index in [1.54, 1.807) is 0 Å². The molecule has 0 saturated carbocycles. The molecule has 8 heteroatoms. The number of amidine groups is 1. The monoisotopic (exact) mass is 209 g/mol. The number of oxime groups is 1. The molecule has 0 saturated heterocycles. The Morgan fingerprint density at radius 2 is 2.00 bits per heavy atom. The topological polar surface area (TPSA) is 136 Å². The van der Waals surface area contributed by atoms with E-state index in [9.17, 15) is 13.2 Å². The Kier molecular flexibility index (Phi) is 3.67. The first kappa shape index (κ1) is 11.7. The quantitative estimate of drug-likeness (QED) is 0.233. The van der Waals surface area contributed by atoms with Gasteiger partial charge in [-0.15, -0.1) is 0 Å². The third-order valence-electron chi connectivity index (χ3n) is 1.40. The first-order valence-electron chi connectivity index (χ1n) is 3.31. The van der Waals surface area contributed by atoms with Gasteiger partial charge < -0.3 is 16.7 Å². The Bertz CT molecular complexity index is 321. The molecule has 0 aromatic rings. The van der Waals surface area contributed by atoms with Crippen LogP contribution in [-0.4, -0.2) is 30.5 Å². The molecule has 7 nitrogen and oxygen atoms in total. The van der Waals surface area contributed by atoms with Gasteiger partial charge in [0.15, 0.2) is 0 Å². The van der Waals surface area contributed by atoms with E-state index in [0.29, 0.717) is 0 Å². The second-order valence-corrected chi connectivity index (χ2v) is 4.49. The fourth-order valence-electron chi connectivity index (χ4n) is 0.595. The molecule has 1 atom stereocenters. The number of hydrogen-bond acceptors (Lipinski definition) is 5. The maximum atomic E-state index is 10.9. The standard InChI is InChI=1S/C5H11N3O4S/c1-3(4(6)8-10)2-13(11,12)5(7)9/h3,10H,2H2,1H3,(H2,6,8)(H2,7,9). The van der Waals surface area contributed by atoms with Crippen LogP contribution in [0.4, 0.5) is 4.79 Å². The molecule has 0 aromatic carbocycles. The first-order valence-corrected chi connectivity index (χ1v) is 4.96. The van der Waals surface area contributed by atoms with Crippen LogP contribution >= 0.6 is 0 Å². The summed E-state index contributed by atoms with van der Waals surface area (Å²) in [5, 5.41) is 9.39. The number of primary amides is 1. The highest BCUT2D eigenvalue weighted by Gasteiger charge is 2.23. The highest BCUT2D eigenvalue weighted by Crippen LogP contribution is 2.01. The second kappa shape index (κ2) is 4.08. The van der Waals surface area contributed by atoms with E-state index < -0.39 is 26.7 Å². The van der Waals surface area contributed by atoms with E-state index in [-0.39, 0.29) is 5.84 Å². The summed E-state index contributed by atoms with van der Waals surface area (Å²) in [6.45, 7) is 1.40. The molecule has 0 rings (SSSR count). The zero-order valence-corrected chi connectivity index (χ0v) is 7.78. The van der Waals surface area contributed by atoms with E-state index in [0.717, 1.165) is 0 Å². The third kappa shape index (κ3) is 3.28. The van der Waals surface area contributed by atoms with Gasteiger partial charge in [0.25, 0.3) is 0 Å². The largest absolute Gasteiger partial charge is 0.409 e. The van der Waals surface area contributed by atoms with Crippen LogP contribution in [-0.2, 0) is 9.84 Å². The predicted octanol–water partition coefficient (Wildman–Crippen LogP) is -1.14. The Morgan fingerprint density at radius 1 is 1.54 bits per heavy atom. The molecule has 0 aliphatic heterocycles. The molecule has 5 N–H and O–H groups in total. The smallest absolute Gasteiger partial charge is 0.333 e. The minimum Gasteiger partial charge on any atom is -0.409 e. The van der Waals surface area contributed by atoms with Crippen molar-refractivity contribution in [2.24, 2.45) is 22.5 Å². The molecule has 0 aliphatic rings. The molecule has 0 bridgehead atoms. The minimum absolute atomic E-state index is 0.259. The summed E-state index contributed by atoms with van der Waals surface area (Å²) in [6, 6.07) is 0. The minimum atomic E-state index is -3.99. The fourth-order valence-corrected chi connectivity index (χ4v) is 1.59. The molecule has 13 heavy (non-hydrogen) atoms. The molecule has 0 radical (unpaired) electrons. The average Bonchev–Trinajstić information content (AvgIpc) is 2.01. The van der Waals surface area contributed by atoms with Crippen LogP contribution in [0.25, 0.3) is 0 Å². The van der Waals surface area contributed by atoms with Crippen LogP contribution in [0.2, 0.25) is 0 Å². The number of amides is 1. The van der Waals surface area contributed by atoms with Gasteiger partial charge in [0.1, 0.15) is 5.84 Å². The van der Waals surface area contributed by atoms with Crippen LogP contribution in [0, 0.1) is 5.92 Å². The Labute approximate surface area is 75.3 Å². The fraction of sp³-hybridized carbons (Fsp3) is 0.600. The number of carbonyl (C=O) groups is 1. The molecule has 1 amide bonds. The van der Waals surface area contributed by atoms with Crippen LogP contribution in [0.15, 0.2) is 5.16 Å². The molecular weight excluding hydrogens is 198 g/mol. The zero-order valence-electron chi connectivity index (χ0n) is 6.97. The number of hydrogen-bond donors (Lipinski definition) is 3. The number of nitrogens with two attached hydrogens (primary N) is 2. The maximum absolute atomic E-state index is 10.9. The normalized spacial score (nSPS) is 15.3. The number of nitrogens with zero attached hydrogens (tertiary/aromatic N) is 1. The lowest BCUT2D eigenvalue weighted by molar-refractivity contribution is 0.265. The Hall–Kier alpha value is -1.31. The maximum Gasteiger partial charge on any atom is 0.333 e. The summed E-state index contributed by atoms with van der Waals surface area (Å²) in [6.07, 6.45) is 0. The summed E-state index contributed by atoms with van der Waals surface area (Å²) in [5.41, 5.74) is 9.70. The molecule has 0 aliphatic carbocycles. The zero-order chi connectivity index (χ0) is 10.6. The van der Waals surface area contributed by atoms with Gasteiger partial charge in [0.05, 0.1) is 5.75 Å². The molecule has 76 valence electrons. The van der Waals surface area contributed by atoms with Crippen molar-refractivity contribution in [2.75, 3.05) is 5.75 Å². The van der Waals surface area contributed by atoms with Crippen molar-refractivity contribution in [3.63, 3.8) is 0 Å². The van der Waals surface area contributed by atoms with Gasteiger partial charge >= 0.3 is 5.24 Å². The van der Waals surface area contributed by atoms with E-state index in [1.807, 2.05) is 0 Å². The van der Waals surface area contributed by atoms with Crippen molar-refractivity contribution in [3.05, 3.63) is 0 Å². The predicted molar refractivity (Wildman–Crippen MR) is 45.9 cm³/mol. The van der Waals surface area contributed by atoms with Crippen molar-refractivity contribution in [1.29, 1.82) is 0 Å². The lowest BCUT2D eigenvalue weighted by atomic mass is 10.2. The Balaban J connectivity index is 4.57. The van der Waals surface area contributed by atoms with E-state index in [4.69, 9.17) is 10.9 Å². The van der Waals surface area contributed by atoms with E-state index in [2.05, 4.69) is 10.9 Å². The molecule has 0 fully saturated rings.